The molecule has 5 nitrogen and oxygen atoms in total. The number of aromatic nitrogens is 1. The molecule has 7 heteroatoms. The fraction of sp³-hybridized carbons (Fsp3) is 0.810. The van der Waals surface area contributed by atoms with Crippen LogP contribution in [0.15, 0.2) is 10.4 Å². The fourth-order valence-electron chi connectivity index (χ4n) is 4.42. The lowest BCUT2D eigenvalue weighted by Crippen LogP contribution is -2.43. The van der Waals surface area contributed by atoms with Crippen molar-refractivity contribution in [2.75, 3.05) is 33.2 Å². The summed E-state index contributed by atoms with van der Waals surface area (Å²) >= 11 is 1.75. The third kappa shape index (κ3) is 8.14. The zero-order valence-electron chi connectivity index (χ0n) is 17.6. The smallest absolute Gasteiger partial charge is 0.190 e. The van der Waals surface area contributed by atoms with Crippen LogP contribution in [0, 0.1) is 18.8 Å². The van der Waals surface area contributed by atoms with E-state index in [0.29, 0.717) is 0 Å². The second-order valence-corrected chi connectivity index (χ2v) is 9.31. The molecular formula is C21H38IN5S. The number of rotatable bonds is 8. The van der Waals surface area contributed by atoms with Crippen LogP contribution < -0.4 is 10.6 Å². The van der Waals surface area contributed by atoms with Crippen LogP contribution in [0.1, 0.15) is 62.1 Å². The zero-order valence-corrected chi connectivity index (χ0v) is 20.7. The molecule has 1 aliphatic heterocycles. The number of likely N-dealkylation sites (tertiary alicyclic amines) is 1. The van der Waals surface area contributed by atoms with Crippen molar-refractivity contribution in [3.8, 4) is 0 Å². The summed E-state index contributed by atoms with van der Waals surface area (Å²) in [6.07, 6.45) is 11.0. The summed E-state index contributed by atoms with van der Waals surface area (Å²) in [5, 5.41) is 10.4. The molecule has 1 aromatic rings. The third-order valence-electron chi connectivity index (χ3n) is 6.10. The Balaban J connectivity index is 0.00000280. The number of hydrogen-bond acceptors (Lipinski definition) is 4. The second kappa shape index (κ2) is 13.0. The zero-order chi connectivity index (χ0) is 18.9. The minimum absolute atomic E-state index is 0. The van der Waals surface area contributed by atoms with Gasteiger partial charge >= 0.3 is 0 Å². The fourth-order valence-corrected chi connectivity index (χ4v) is 5.02. The van der Waals surface area contributed by atoms with Crippen molar-refractivity contribution in [3.05, 3.63) is 16.1 Å². The van der Waals surface area contributed by atoms with Gasteiger partial charge in [-0.1, -0.05) is 25.7 Å². The van der Waals surface area contributed by atoms with Gasteiger partial charge < -0.3 is 10.6 Å². The quantitative estimate of drug-likeness (QED) is 0.231. The van der Waals surface area contributed by atoms with E-state index in [1.165, 1.54) is 75.2 Å². The summed E-state index contributed by atoms with van der Waals surface area (Å²) in [7, 11) is 1.88. The van der Waals surface area contributed by atoms with Gasteiger partial charge in [0.15, 0.2) is 5.96 Å². The Labute approximate surface area is 192 Å². The van der Waals surface area contributed by atoms with Gasteiger partial charge in [0.05, 0.1) is 10.7 Å². The van der Waals surface area contributed by atoms with Crippen LogP contribution in [-0.2, 0) is 6.54 Å². The van der Waals surface area contributed by atoms with Crippen molar-refractivity contribution in [2.24, 2.45) is 16.8 Å². The summed E-state index contributed by atoms with van der Waals surface area (Å²) in [5.74, 6) is 2.71. The molecule has 2 fully saturated rings. The molecule has 1 saturated heterocycles. The van der Waals surface area contributed by atoms with Gasteiger partial charge in [-0.3, -0.25) is 9.89 Å². The molecule has 1 saturated carbocycles. The van der Waals surface area contributed by atoms with E-state index in [9.17, 15) is 0 Å². The molecule has 28 heavy (non-hydrogen) atoms. The summed E-state index contributed by atoms with van der Waals surface area (Å²) in [4.78, 5) is 11.5. The Kier molecular flexibility index (Phi) is 11.1. The first-order valence-corrected chi connectivity index (χ1v) is 11.7. The normalized spacial score (nSPS) is 19.6. The number of aliphatic imine (C=N–C) groups is 1. The first-order valence-electron chi connectivity index (χ1n) is 10.8. The number of nitrogens with zero attached hydrogens (tertiary/aromatic N) is 3. The summed E-state index contributed by atoms with van der Waals surface area (Å²) in [6, 6.07) is 0. The average Bonchev–Trinajstić information content (AvgIpc) is 3.34. The van der Waals surface area contributed by atoms with Crippen LogP contribution in [0.5, 0.6) is 0 Å². The number of piperidine rings is 1. The average molecular weight is 520 g/mol. The minimum Gasteiger partial charge on any atom is -0.356 e. The van der Waals surface area contributed by atoms with Gasteiger partial charge in [-0.25, -0.2) is 4.98 Å². The summed E-state index contributed by atoms with van der Waals surface area (Å²) in [5.41, 5.74) is 1.23. The van der Waals surface area contributed by atoms with Crippen LogP contribution in [0.4, 0.5) is 0 Å². The third-order valence-corrected chi connectivity index (χ3v) is 6.92. The van der Waals surface area contributed by atoms with E-state index in [2.05, 4.69) is 37.8 Å². The Bertz CT molecular complexity index is 577. The molecule has 0 unspecified atom stereocenters. The van der Waals surface area contributed by atoms with Crippen LogP contribution in [0.25, 0.3) is 0 Å². The largest absolute Gasteiger partial charge is 0.356 e. The molecule has 3 rings (SSSR count). The van der Waals surface area contributed by atoms with E-state index in [0.717, 1.165) is 37.4 Å². The number of nitrogens with one attached hydrogen (secondary N) is 2. The molecule has 2 aliphatic rings. The van der Waals surface area contributed by atoms with Crippen molar-refractivity contribution in [1.29, 1.82) is 0 Å². The van der Waals surface area contributed by atoms with Gasteiger partial charge in [0.2, 0.25) is 0 Å². The first kappa shape index (κ1) is 23.9. The van der Waals surface area contributed by atoms with Crippen LogP contribution in [0.2, 0.25) is 0 Å². The second-order valence-electron chi connectivity index (χ2n) is 8.25. The molecule has 0 bridgehead atoms. The monoisotopic (exact) mass is 519 g/mol. The highest BCUT2D eigenvalue weighted by Gasteiger charge is 2.20. The maximum atomic E-state index is 4.60. The Morgan fingerprint density at radius 1 is 1.18 bits per heavy atom. The van der Waals surface area contributed by atoms with E-state index in [1.807, 2.05) is 7.05 Å². The highest BCUT2D eigenvalue weighted by molar-refractivity contribution is 14.0. The van der Waals surface area contributed by atoms with Crippen molar-refractivity contribution in [1.82, 2.24) is 20.5 Å². The molecule has 0 radical (unpaired) electrons. The predicted octanol–water partition coefficient (Wildman–Crippen LogP) is 4.42. The molecule has 0 spiro atoms. The molecule has 0 atom stereocenters. The summed E-state index contributed by atoms with van der Waals surface area (Å²) < 4.78 is 0. The maximum Gasteiger partial charge on any atom is 0.190 e. The van der Waals surface area contributed by atoms with Crippen molar-refractivity contribution in [3.63, 3.8) is 0 Å². The highest BCUT2D eigenvalue weighted by Crippen LogP contribution is 2.28. The Hall–Kier alpha value is -0.410. The van der Waals surface area contributed by atoms with Gasteiger partial charge in [-0.05, 0) is 57.5 Å². The molecular weight excluding hydrogens is 481 g/mol. The van der Waals surface area contributed by atoms with Gasteiger partial charge in [0.1, 0.15) is 0 Å². The van der Waals surface area contributed by atoms with Crippen molar-refractivity contribution < 1.29 is 0 Å². The molecule has 1 aromatic heterocycles. The molecule has 2 N–H and O–H groups in total. The molecule has 2 heterocycles. The Morgan fingerprint density at radius 2 is 1.93 bits per heavy atom. The number of aryl methyl sites for hydroxylation is 1. The van der Waals surface area contributed by atoms with Crippen molar-refractivity contribution in [2.45, 2.75) is 64.8 Å². The van der Waals surface area contributed by atoms with Crippen LogP contribution in [-0.4, -0.2) is 49.1 Å². The molecule has 160 valence electrons. The van der Waals surface area contributed by atoms with E-state index < -0.39 is 0 Å². The highest BCUT2D eigenvalue weighted by atomic mass is 127. The van der Waals surface area contributed by atoms with Gasteiger partial charge in [-0.2, -0.15) is 0 Å². The lowest BCUT2D eigenvalue weighted by molar-refractivity contribution is 0.176. The van der Waals surface area contributed by atoms with E-state index in [1.54, 1.807) is 11.3 Å². The minimum atomic E-state index is 0. The Morgan fingerprint density at radius 3 is 2.57 bits per heavy atom. The summed E-state index contributed by atoms with van der Waals surface area (Å²) in [6.45, 7) is 7.52. The topological polar surface area (TPSA) is 52.6 Å². The number of halogens is 1. The van der Waals surface area contributed by atoms with E-state index in [4.69, 9.17) is 0 Å². The first-order chi connectivity index (χ1) is 13.2. The van der Waals surface area contributed by atoms with Crippen molar-refractivity contribution >= 4 is 41.3 Å². The molecule has 0 aromatic carbocycles. The number of guanidine groups is 1. The number of thiazole rings is 1. The maximum absolute atomic E-state index is 4.60. The van der Waals surface area contributed by atoms with Gasteiger partial charge in [0.25, 0.3) is 0 Å². The van der Waals surface area contributed by atoms with E-state index in [-0.39, 0.29) is 24.0 Å². The van der Waals surface area contributed by atoms with Crippen LogP contribution >= 0.6 is 35.3 Å². The molecule has 1 aliphatic carbocycles. The van der Waals surface area contributed by atoms with E-state index >= 15 is 0 Å². The lowest BCUT2D eigenvalue weighted by atomic mass is 9.97. The lowest BCUT2D eigenvalue weighted by Gasteiger charge is -2.31. The van der Waals surface area contributed by atoms with Gasteiger partial charge in [0, 0.05) is 32.1 Å². The number of hydrogen-bond donors (Lipinski definition) is 2. The standard InChI is InChI=1S/C21H37N5S.HI/c1-17-25-20(16-27-17)15-26-12-9-19(10-13-26)14-24-21(22-2)23-11-5-8-18-6-3-4-7-18;/h16,18-19H,3-15H2,1-2H3,(H2,22,23,24);1H. The van der Waals surface area contributed by atoms with Crippen LogP contribution in [0.3, 0.4) is 0 Å². The SMILES string of the molecule is CN=C(NCCCC1CCCC1)NCC1CCN(Cc2csc(C)n2)CC1.I. The predicted molar refractivity (Wildman–Crippen MR) is 131 cm³/mol. The molecule has 0 amide bonds. The van der Waals surface area contributed by atoms with Gasteiger partial charge in [-0.15, -0.1) is 35.3 Å².